The van der Waals surface area contributed by atoms with Gasteiger partial charge in [-0.2, -0.15) is 0 Å². The summed E-state index contributed by atoms with van der Waals surface area (Å²) in [4.78, 5) is 37.5. The number of fused-ring (bicyclic) bond motifs is 1. The van der Waals surface area contributed by atoms with Gasteiger partial charge in [-0.1, -0.05) is 6.07 Å². The van der Waals surface area contributed by atoms with E-state index in [-0.39, 0.29) is 31.2 Å². The fraction of sp³-hybridized carbons (Fsp3) is 0.357. The maximum atomic E-state index is 12.5. The lowest BCUT2D eigenvalue weighted by molar-refractivity contribution is -0.133. The molecule has 6 nitrogen and oxygen atoms in total. The third-order valence-corrected chi connectivity index (χ3v) is 4.09. The van der Waals surface area contributed by atoms with Crippen LogP contribution in [-0.4, -0.2) is 35.9 Å². The molecule has 3 rings (SSSR count). The SMILES string of the molecule is [B]C1(N2Cc3c(N)cccc3C2=O)CCCC(=O)NC1=O. The van der Waals surface area contributed by atoms with Crippen molar-refractivity contribution >= 4 is 31.3 Å². The standard InChI is InChI=1S/C14H14BN3O3/c15-14(6-2-5-11(19)17-13(14)21)18-7-9-8(12(18)20)3-1-4-10(9)16/h1,3-4H,2,5-7,16H2,(H,17,19,21). The predicted molar refractivity (Wildman–Crippen MR) is 76.2 cm³/mol. The van der Waals surface area contributed by atoms with Gasteiger partial charge < -0.3 is 10.6 Å². The zero-order valence-electron chi connectivity index (χ0n) is 11.4. The van der Waals surface area contributed by atoms with E-state index < -0.39 is 11.3 Å². The van der Waals surface area contributed by atoms with Gasteiger partial charge in [0.25, 0.3) is 5.91 Å². The van der Waals surface area contributed by atoms with Gasteiger partial charge in [0.2, 0.25) is 11.8 Å². The van der Waals surface area contributed by atoms with Gasteiger partial charge in [0, 0.05) is 29.8 Å². The van der Waals surface area contributed by atoms with Crippen molar-refractivity contribution in [1.82, 2.24) is 10.2 Å². The average Bonchev–Trinajstić information content (AvgIpc) is 2.71. The Balaban J connectivity index is 1.98. The lowest BCUT2D eigenvalue weighted by Gasteiger charge is -2.36. The minimum absolute atomic E-state index is 0.180. The second-order valence-electron chi connectivity index (χ2n) is 5.42. The van der Waals surface area contributed by atoms with Crippen molar-refractivity contribution in [2.24, 2.45) is 0 Å². The number of imide groups is 1. The van der Waals surface area contributed by atoms with Crippen molar-refractivity contribution in [3.63, 3.8) is 0 Å². The number of nitrogens with zero attached hydrogens (tertiary/aromatic N) is 1. The van der Waals surface area contributed by atoms with Crippen LogP contribution >= 0.6 is 0 Å². The monoisotopic (exact) mass is 283 g/mol. The molecule has 0 saturated carbocycles. The molecule has 1 unspecified atom stereocenters. The van der Waals surface area contributed by atoms with Crippen LogP contribution in [0.25, 0.3) is 0 Å². The Morgan fingerprint density at radius 2 is 2.05 bits per heavy atom. The van der Waals surface area contributed by atoms with E-state index in [0.717, 1.165) is 0 Å². The highest BCUT2D eigenvalue weighted by Crippen LogP contribution is 2.34. The predicted octanol–water partition coefficient (Wildman–Crippen LogP) is -0.0839. The van der Waals surface area contributed by atoms with Crippen LogP contribution in [0.5, 0.6) is 0 Å². The van der Waals surface area contributed by atoms with E-state index in [2.05, 4.69) is 5.32 Å². The lowest BCUT2D eigenvalue weighted by Crippen LogP contribution is -2.59. The second-order valence-corrected chi connectivity index (χ2v) is 5.42. The number of nitrogens with two attached hydrogens (primary N) is 1. The highest BCUT2D eigenvalue weighted by Gasteiger charge is 2.46. The molecule has 1 aromatic rings. The molecule has 1 saturated heterocycles. The summed E-state index contributed by atoms with van der Waals surface area (Å²) in [5, 5.41) is 2.24. The van der Waals surface area contributed by atoms with Crippen LogP contribution in [-0.2, 0) is 16.1 Å². The number of nitrogens with one attached hydrogen (secondary N) is 1. The largest absolute Gasteiger partial charge is 0.398 e. The number of amides is 3. The van der Waals surface area contributed by atoms with E-state index >= 15 is 0 Å². The van der Waals surface area contributed by atoms with Crippen molar-refractivity contribution in [2.45, 2.75) is 31.2 Å². The third kappa shape index (κ3) is 2.00. The minimum atomic E-state index is -1.52. The molecule has 1 atom stereocenters. The number of nitrogen functional groups attached to an aromatic ring is 1. The van der Waals surface area contributed by atoms with Gasteiger partial charge in [0.1, 0.15) is 7.85 Å². The average molecular weight is 283 g/mol. The summed E-state index contributed by atoms with van der Waals surface area (Å²) in [5.74, 6) is -1.33. The first-order valence-electron chi connectivity index (χ1n) is 6.76. The molecule has 1 aromatic carbocycles. The molecule has 2 heterocycles. The van der Waals surface area contributed by atoms with Crippen LogP contribution in [0.1, 0.15) is 35.2 Å². The summed E-state index contributed by atoms with van der Waals surface area (Å²) >= 11 is 0. The Bertz CT molecular complexity index is 661. The van der Waals surface area contributed by atoms with Crippen molar-refractivity contribution in [1.29, 1.82) is 0 Å². The van der Waals surface area contributed by atoms with Gasteiger partial charge in [-0.3, -0.25) is 19.7 Å². The fourth-order valence-corrected chi connectivity index (χ4v) is 2.87. The smallest absolute Gasteiger partial charge is 0.254 e. The summed E-state index contributed by atoms with van der Waals surface area (Å²) in [5.41, 5.74) is 6.00. The first-order chi connectivity index (χ1) is 9.93. The molecular formula is C14H14BN3O3. The van der Waals surface area contributed by atoms with Crippen LogP contribution in [0.15, 0.2) is 18.2 Å². The van der Waals surface area contributed by atoms with E-state index in [1.165, 1.54) is 4.90 Å². The Kier molecular flexibility index (Phi) is 3.00. The first kappa shape index (κ1) is 13.7. The van der Waals surface area contributed by atoms with E-state index in [4.69, 9.17) is 13.6 Å². The van der Waals surface area contributed by atoms with Gasteiger partial charge in [0.15, 0.2) is 0 Å². The summed E-state index contributed by atoms with van der Waals surface area (Å²) in [6.45, 7) is 0.180. The molecule has 106 valence electrons. The molecule has 0 spiro atoms. The van der Waals surface area contributed by atoms with Gasteiger partial charge in [-0.25, -0.2) is 0 Å². The maximum absolute atomic E-state index is 12.5. The number of carbonyl (C=O) groups excluding carboxylic acids is 3. The van der Waals surface area contributed by atoms with E-state index in [9.17, 15) is 14.4 Å². The van der Waals surface area contributed by atoms with Crippen molar-refractivity contribution in [3.05, 3.63) is 29.3 Å². The number of anilines is 1. The van der Waals surface area contributed by atoms with Crippen molar-refractivity contribution in [3.8, 4) is 0 Å². The number of hydrogen-bond donors (Lipinski definition) is 2. The van der Waals surface area contributed by atoms with Gasteiger partial charge in [-0.05, 0) is 25.0 Å². The summed E-state index contributed by atoms with van der Waals surface area (Å²) in [7, 11) is 6.19. The fourth-order valence-electron chi connectivity index (χ4n) is 2.87. The minimum Gasteiger partial charge on any atom is -0.398 e. The molecule has 1 fully saturated rings. The van der Waals surface area contributed by atoms with Crippen molar-refractivity contribution in [2.75, 3.05) is 5.73 Å². The molecule has 2 radical (unpaired) electrons. The zero-order valence-corrected chi connectivity index (χ0v) is 11.4. The zero-order chi connectivity index (χ0) is 15.2. The molecule has 2 aliphatic heterocycles. The third-order valence-electron chi connectivity index (χ3n) is 4.09. The van der Waals surface area contributed by atoms with E-state index in [1.54, 1.807) is 18.2 Å². The maximum Gasteiger partial charge on any atom is 0.254 e. The molecule has 3 amide bonds. The topological polar surface area (TPSA) is 92.5 Å². The normalized spacial score (nSPS) is 25.5. The summed E-state index contributed by atoms with van der Waals surface area (Å²) < 4.78 is 0. The molecular weight excluding hydrogens is 269 g/mol. The Hall–Kier alpha value is -2.31. The van der Waals surface area contributed by atoms with Gasteiger partial charge in [-0.15, -0.1) is 0 Å². The Morgan fingerprint density at radius 1 is 1.29 bits per heavy atom. The number of carbonyl (C=O) groups is 3. The van der Waals surface area contributed by atoms with Gasteiger partial charge >= 0.3 is 0 Å². The number of rotatable bonds is 1. The first-order valence-corrected chi connectivity index (χ1v) is 6.76. The van der Waals surface area contributed by atoms with Crippen LogP contribution in [0.3, 0.4) is 0 Å². The van der Waals surface area contributed by atoms with Crippen molar-refractivity contribution < 1.29 is 14.4 Å². The molecule has 0 aliphatic carbocycles. The van der Waals surface area contributed by atoms with Crippen LogP contribution in [0, 0.1) is 0 Å². The second kappa shape index (κ2) is 4.61. The van der Waals surface area contributed by atoms with Crippen LogP contribution in [0.2, 0.25) is 0 Å². The summed E-state index contributed by atoms with van der Waals surface area (Å²) in [6, 6.07) is 5.06. The molecule has 0 aromatic heterocycles. The Labute approximate surface area is 123 Å². The number of benzene rings is 1. The van der Waals surface area contributed by atoms with E-state index in [1.807, 2.05) is 0 Å². The van der Waals surface area contributed by atoms with Gasteiger partial charge in [0.05, 0.1) is 5.44 Å². The quantitative estimate of drug-likeness (QED) is 0.428. The highest BCUT2D eigenvalue weighted by molar-refractivity contribution is 6.31. The molecule has 2 aliphatic rings. The Morgan fingerprint density at radius 3 is 2.76 bits per heavy atom. The lowest BCUT2D eigenvalue weighted by atomic mass is 9.72. The summed E-state index contributed by atoms with van der Waals surface area (Å²) in [6.07, 6.45) is 0.912. The number of hydrogen-bond acceptors (Lipinski definition) is 4. The van der Waals surface area contributed by atoms with E-state index in [0.29, 0.717) is 23.2 Å². The van der Waals surface area contributed by atoms with Crippen LogP contribution in [0.4, 0.5) is 5.69 Å². The molecule has 7 heteroatoms. The molecule has 21 heavy (non-hydrogen) atoms. The van der Waals surface area contributed by atoms with Crippen LogP contribution < -0.4 is 11.1 Å². The molecule has 0 bridgehead atoms. The molecule has 3 N–H and O–H groups in total. The highest BCUT2D eigenvalue weighted by atomic mass is 16.2.